The summed E-state index contributed by atoms with van der Waals surface area (Å²) in [4.78, 5) is 0.0395. The van der Waals surface area contributed by atoms with Gasteiger partial charge in [-0.3, -0.25) is 0 Å². The van der Waals surface area contributed by atoms with Crippen LogP contribution in [0.25, 0.3) is 0 Å². The van der Waals surface area contributed by atoms with E-state index in [2.05, 4.69) is 4.72 Å². The normalized spacial score (nSPS) is 13.6. The summed E-state index contributed by atoms with van der Waals surface area (Å²) >= 11 is 1.56. The lowest BCUT2D eigenvalue weighted by atomic mass is 10.2. The van der Waals surface area contributed by atoms with Crippen molar-refractivity contribution in [3.05, 3.63) is 29.6 Å². The van der Waals surface area contributed by atoms with Crippen LogP contribution in [0, 0.1) is 5.82 Å². The fourth-order valence-corrected chi connectivity index (χ4v) is 2.80. The average Bonchev–Trinajstić information content (AvgIpc) is 2.36. The first-order chi connectivity index (χ1) is 8.40. The zero-order valence-corrected chi connectivity index (χ0v) is 11.9. The van der Waals surface area contributed by atoms with Gasteiger partial charge in [0.25, 0.3) is 0 Å². The molecule has 0 aliphatic heterocycles. The van der Waals surface area contributed by atoms with Gasteiger partial charge in [-0.05, 0) is 24.5 Å². The predicted molar refractivity (Wildman–Crippen MR) is 72.5 cm³/mol. The maximum atomic E-state index is 13.2. The molecule has 4 nitrogen and oxygen atoms in total. The quantitative estimate of drug-likeness (QED) is 0.829. The highest BCUT2D eigenvalue weighted by atomic mass is 32.2. The van der Waals surface area contributed by atoms with E-state index in [1.54, 1.807) is 11.8 Å². The molecule has 1 unspecified atom stereocenters. The van der Waals surface area contributed by atoms with Gasteiger partial charge in [-0.25, -0.2) is 17.5 Å². The lowest BCUT2D eigenvalue weighted by Crippen LogP contribution is -2.29. The van der Waals surface area contributed by atoms with Crippen LogP contribution < -0.4 is 10.5 Å². The molecule has 0 fully saturated rings. The molecule has 0 aromatic heterocycles. The second-order valence-corrected chi connectivity index (χ2v) is 6.90. The molecule has 0 aliphatic rings. The van der Waals surface area contributed by atoms with Gasteiger partial charge < -0.3 is 5.73 Å². The molecular weight excluding hydrogens is 275 g/mol. The fraction of sp³-hybridized carbons (Fsp3) is 0.455. The average molecular weight is 292 g/mol. The Morgan fingerprint density at radius 2 is 2.17 bits per heavy atom. The Hall–Kier alpha value is -0.630. The number of thioether (sulfide) groups is 1. The van der Waals surface area contributed by atoms with Gasteiger partial charge in [-0.2, -0.15) is 11.8 Å². The van der Waals surface area contributed by atoms with E-state index in [1.165, 1.54) is 12.1 Å². The Morgan fingerprint density at radius 3 is 2.72 bits per heavy atom. The molecule has 0 heterocycles. The van der Waals surface area contributed by atoms with Gasteiger partial charge in [0.15, 0.2) is 0 Å². The van der Waals surface area contributed by atoms with Gasteiger partial charge in [-0.15, -0.1) is 0 Å². The highest BCUT2D eigenvalue weighted by Crippen LogP contribution is 2.15. The van der Waals surface area contributed by atoms with E-state index in [1.807, 2.05) is 13.2 Å². The topological polar surface area (TPSA) is 72.2 Å². The van der Waals surface area contributed by atoms with Crippen molar-refractivity contribution in [2.24, 2.45) is 5.73 Å². The van der Waals surface area contributed by atoms with Gasteiger partial charge in [0.2, 0.25) is 10.0 Å². The summed E-state index contributed by atoms with van der Waals surface area (Å²) in [6.07, 6.45) is 1.91. The minimum atomic E-state index is -3.60. The van der Waals surface area contributed by atoms with Crippen molar-refractivity contribution < 1.29 is 12.8 Å². The minimum Gasteiger partial charge on any atom is -0.326 e. The molecule has 0 aliphatic carbocycles. The standard InChI is InChI=1S/C11H17FN2O2S2/c1-8(17-2)7-14-18(15,16)10-3-4-11(12)9(5-10)6-13/h3-5,8,14H,6-7,13H2,1-2H3. The van der Waals surface area contributed by atoms with Crippen molar-refractivity contribution in [1.29, 1.82) is 0 Å². The maximum Gasteiger partial charge on any atom is 0.240 e. The van der Waals surface area contributed by atoms with E-state index in [-0.39, 0.29) is 22.3 Å². The Balaban J connectivity index is 2.91. The molecule has 1 rings (SSSR count). The molecule has 0 saturated carbocycles. The van der Waals surface area contributed by atoms with Crippen molar-refractivity contribution in [3.8, 4) is 0 Å². The summed E-state index contributed by atoms with van der Waals surface area (Å²) in [6, 6.07) is 3.62. The number of nitrogens with one attached hydrogen (secondary N) is 1. The van der Waals surface area contributed by atoms with E-state index in [9.17, 15) is 12.8 Å². The first-order valence-electron chi connectivity index (χ1n) is 5.41. The van der Waals surface area contributed by atoms with Crippen molar-refractivity contribution in [3.63, 3.8) is 0 Å². The van der Waals surface area contributed by atoms with Gasteiger partial charge in [-0.1, -0.05) is 6.92 Å². The van der Waals surface area contributed by atoms with Crippen LogP contribution in [-0.4, -0.2) is 26.5 Å². The predicted octanol–water partition coefficient (Wildman–Crippen LogP) is 1.31. The Labute approximate surface area is 111 Å². The van der Waals surface area contributed by atoms with Gasteiger partial charge in [0.05, 0.1) is 4.90 Å². The van der Waals surface area contributed by atoms with E-state index in [0.29, 0.717) is 6.54 Å². The first-order valence-corrected chi connectivity index (χ1v) is 8.18. The third-order valence-electron chi connectivity index (χ3n) is 2.51. The molecular formula is C11H17FN2O2S2. The molecule has 0 spiro atoms. The van der Waals surface area contributed by atoms with Gasteiger partial charge in [0.1, 0.15) is 5.82 Å². The summed E-state index contributed by atoms with van der Waals surface area (Å²) in [5, 5.41) is 0.175. The molecule has 1 aromatic rings. The summed E-state index contributed by atoms with van der Waals surface area (Å²) < 4.78 is 39.6. The monoisotopic (exact) mass is 292 g/mol. The van der Waals surface area contributed by atoms with Crippen LogP contribution in [0.3, 0.4) is 0 Å². The number of benzene rings is 1. The zero-order valence-electron chi connectivity index (χ0n) is 10.3. The van der Waals surface area contributed by atoms with Crippen molar-refractivity contribution in [2.75, 3.05) is 12.8 Å². The molecule has 0 amide bonds. The Morgan fingerprint density at radius 1 is 1.50 bits per heavy atom. The molecule has 1 atom stereocenters. The highest BCUT2D eigenvalue weighted by molar-refractivity contribution is 7.99. The number of nitrogens with two attached hydrogens (primary N) is 1. The van der Waals surface area contributed by atoms with E-state index < -0.39 is 15.8 Å². The van der Waals surface area contributed by atoms with Crippen LogP contribution in [0.4, 0.5) is 4.39 Å². The van der Waals surface area contributed by atoms with Gasteiger partial charge in [0, 0.05) is 23.9 Å². The number of rotatable bonds is 6. The third-order valence-corrected chi connectivity index (χ3v) is 4.90. The molecule has 102 valence electrons. The van der Waals surface area contributed by atoms with Crippen LogP contribution in [0.1, 0.15) is 12.5 Å². The van der Waals surface area contributed by atoms with E-state index in [0.717, 1.165) is 6.07 Å². The molecule has 0 radical (unpaired) electrons. The molecule has 1 aromatic carbocycles. The third kappa shape index (κ3) is 3.94. The number of sulfonamides is 1. The first kappa shape index (κ1) is 15.4. The second kappa shape index (κ2) is 6.51. The second-order valence-electron chi connectivity index (χ2n) is 3.86. The molecule has 7 heteroatoms. The van der Waals surface area contributed by atoms with Crippen molar-refractivity contribution in [1.82, 2.24) is 4.72 Å². The van der Waals surface area contributed by atoms with Crippen LogP contribution in [0.5, 0.6) is 0 Å². The van der Waals surface area contributed by atoms with E-state index in [4.69, 9.17) is 5.73 Å². The Kier molecular flexibility index (Phi) is 5.58. The number of hydrogen-bond donors (Lipinski definition) is 2. The number of halogens is 1. The van der Waals surface area contributed by atoms with Crippen LogP contribution in [0.15, 0.2) is 23.1 Å². The molecule has 3 N–H and O–H groups in total. The minimum absolute atomic E-state index is 0.0313. The largest absolute Gasteiger partial charge is 0.326 e. The highest BCUT2D eigenvalue weighted by Gasteiger charge is 2.16. The lowest BCUT2D eigenvalue weighted by molar-refractivity contribution is 0.579. The lowest BCUT2D eigenvalue weighted by Gasteiger charge is -2.11. The SMILES string of the molecule is CSC(C)CNS(=O)(=O)c1ccc(F)c(CN)c1. The summed E-state index contributed by atoms with van der Waals surface area (Å²) in [5.41, 5.74) is 5.54. The van der Waals surface area contributed by atoms with Crippen molar-refractivity contribution >= 4 is 21.8 Å². The van der Waals surface area contributed by atoms with Crippen LogP contribution >= 0.6 is 11.8 Å². The molecule has 18 heavy (non-hydrogen) atoms. The summed E-state index contributed by atoms with van der Waals surface area (Å²) in [6.45, 7) is 2.22. The molecule has 0 bridgehead atoms. The maximum absolute atomic E-state index is 13.2. The Bertz CT molecular complexity index is 506. The summed E-state index contributed by atoms with van der Waals surface area (Å²) in [7, 11) is -3.60. The number of hydrogen-bond acceptors (Lipinski definition) is 4. The molecule has 0 saturated heterocycles. The van der Waals surface area contributed by atoms with Crippen LogP contribution in [0.2, 0.25) is 0 Å². The van der Waals surface area contributed by atoms with Gasteiger partial charge >= 0.3 is 0 Å². The van der Waals surface area contributed by atoms with E-state index >= 15 is 0 Å². The zero-order chi connectivity index (χ0) is 13.8. The summed E-state index contributed by atoms with van der Waals surface area (Å²) in [5.74, 6) is -0.492. The van der Waals surface area contributed by atoms with Crippen molar-refractivity contribution in [2.45, 2.75) is 23.6 Å². The van der Waals surface area contributed by atoms with Crippen LogP contribution in [-0.2, 0) is 16.6 Å². The fourth-order valence-electron chi connectivity index (χ4n) is 1.27. The smallest absolute Gasteiger partial charge is 0.240 e.